The molecule has 0 saturated carbocycles. The van der Waals surface area contributed by atoms with Gasteiger partial charge in [0, 0.05) is 30.1 Å². The van der Waals surface area contributed by atoms with Gasteiger partial charge in [-0.2, -0.15) is 0 Å². The molecule has 0 aliphatic rings. The lowest BCUT2D eigenvalue weighted by molar-refractivity contribution is -0.385. The summed E-state index contributed by atoms with van der Waals surface area (Å²) in [5.74, 6) is -0.0588. The number of thioether (sulfide) groups is 1. The predicted molar refractivity (Wildman–Crippen MR) is 122 cm³/mol. The van der Waals surface area contributed by atoms with Crippen LogP contribution in [0.15, 0.2) is 47.6 Å². The van der Waals surface area contributed by atoms with E-state index < -0.39 is 4.92 Å². The van der Waals surface area contributed by atoms with Gasteiger partial charge >= 0.3 is 0 Å². The van der Waals surface area contributed by atoms with Crippen molar-refractivity contribution in [1.29, 1.82) is 0 Å². The average Bonchev–Trinajstić information content (AvgIpc) is 3.08. The maximum atomic E-state index is 12.4. The number of nitrogens with zero attached hydrogens (tertiary/aromatic N) is 4. The van der Waals surface area contributed by atoms with Crippen molar-refractivity contribution in [2.24, 2.45) is 7.05 Å². The van der Waals surface area contributed by atoms with Gasteiger partial charge in [0.15, 0.2) is 5.16 Å². The molecular formula is C21H22N6O4S. The summed E-state index contributed by atoms with van der Waals surface area (Å²) in [6, 6.07) is 12.0. The Balaban J connectivity index is 1.56. The Kier molecular flexibility index (Phi) is 7.21. The predicted octanol–water partition coefficient (Wildman–Crippen LogP) is 3.25. The van der Waals surface area contributed by atoms with E-state index in [1.807, 2.05) is 31.2 Å². The molecule has 0 saturated heterocycles. The van der Waals surface area contributed by atoms with Crippen LogP contribution in [0.1, 0.15) is 17.0 Å². The molecule has 3 aromatic rings. The highest BCUT2D eigenvalue weighted by Crippen LogP contribution is 2.23. The topological polar surface area (TPSA) is 132 Å². The van der Waals surface area contributed by atoms with Crippen molar-refractivity contribution >= 4 is 40.6 Å². The molecule has 32 heavy (non-hydrogen) atoms. The number of nitrogens with one attached hydrogen (secondary N) is 2. The molecule has 2 aromatic carbocycles. The normalized spacial score (nSPS) is 10.6. The second-order valence-electron chi connectivity index (χ2n) is 7.09. The first-order valence-electron chi connectivity index (χ1n) is 9.66. The van der Waals surface area contributed by atoms with E-state index >= 15 is 0 Å². The number of hydrogen-bond acceptors (Lipinski definition) is 7. The summed E-state index contributed by atoms with van der Waals surface area (Å²) >= 11 is 1.15. The highest BCUT2D eigenvalue weighted by atomic mass is 32.2. The highest BCUT2D eigenvalue weighted by Gasteiger charge is 2.16. The molecule has 166 valence electrons. The van der Waals surface area contributed by atoms with E-state index in [1.165, 1.54) is 6.07 Å². The Morgan fingerprint density at radius 3 is 2.53 bits per heavy atom. The number of hydrogen-bond donors (Lipinski definition) is 2. The Morgan fingerprint density at radius 2 is 1.81 bits per heavy atom. The van der Waals surface area contributed by atoms with Crippen LogP contribution in [0.3, 0.4) is 0 Å². The summed E-state index contributed by atoms with van der Waals surface area (Å²) in [7, 11) is 1.72. The van der Waals surface area contributed by atoms with Crippen LogP contribution < -0.4 is 10.6 Å². The van der Waals surface area contributed by atoms with Gasteiger partial charge in [0.2, 0.25) is 11.8 Å². The molecule has 1 heterocycles. The molecule has 11 heteroatoms. The van der Waals surface area contributed by atoms with Crippen molar-refractivity contribution in [2.45, 2.75) is 25.4 Å². The first-order valence-corrected chi connectivity index (χ1v) is 10.6. The molecular weight excluding hydrogens is 432 g/mol. The third-order valence-corrected chi connectivity index (χ3v) is 5.71. The summed E-state index contributed by atoms with van der Waals surface area (Å²) in [5, 5.41) is 25.1. The van der Waals surface area contributed by atoms with Crippen molar-refractivity contribution in [1.82, 2.24) is 14.8 Å². The minimum atomic E-state index is -0.490. The zero-order valence-corrected chi connectivity index (χ0v) is 18.6. The quantitative estimate of drug-likeness (QED) is 0.303. The van der Waals surface area contributed by atoms with Crippen molar-refractivity contribution in [3.63, 3.8) is 0 Å². The SMILES string of the molecule is Cc1ccccc1NC(=O)Cc1nnc(SCC(=O)Nc2ccc(C)c([N+](=O)[O-])c2)n1C. The van der Waals surface area contributed by atoms with E-state index in [-0.39, 0.29) is 29.7 Å². The van der Waals surface area contributed by atoms with Crippen LogP contribution in [-0.4, -0.2) is 37.3 Å². The van der Waals surface area contributed by atoms with E-state index in [0.717, 1.165) is 23.0 Å². The molecule has 2 amide bonds. The third-order valence-electron chi connectivity index (χ3n) is 4.68. The number of anilines is 2. The van der Waals surface area contributed by atoms with Gasteiger partial charge in [-0.3, -0.25) is 19.7 Å². The molecule has 0 bridgehead atoms. The number of aryl methyl sites for hydroxylation is 2. The van der Waals surface area contributed by atoms with E-state index in [2.05, 4.69) is 20.8 Å². The van der Waals surface area contributed by atoms with Gasteiger partial charge in [0.1, 0.15) is 5.82 Å². The Labute approximate surface area is 188 Å². The van der Waals surface area contributed by atoms with Crippen LogP contribution >= 0.6 is 11.8 Å². The summed E-state index contributed by atoms with van der Waals surface area (Å²) in [5.41, 5.74) is 2.50. The van der Waals surface area contributed by atoms with Crippen molar-refractivity contribution in [3.8, 4) is 0 Å². The van der Waals surface area contributed by atoms with Gasteiger partial charge in [-0.05, 0) is 31.5 Å². The van der Waals surface area contributed by atoms with Gasteiger partial charge < -0.3 is 15.2 Å². The van der Waals surface area contributed by atoms with E-state index in [0.29, 0.717) is 22.2 Å². The Bertz CT molecular complexity index is 1180. The summed E-state index contributed by atoms with van der Waals surface area (Å²) in [6.07, 6.45) is 0.0393. The lowest BCUT2D eigenvalue weighted by Crippen LogP contribution is -2.17. The van der Waals surface area contributed by atoms with Crippen LogP contribution in [0.5, 0.6) is 0 Å². The molecule has 0 atom stereocenters. The standard InChI is InChI=1S/C21H22N6O4S/c1-13-6-4-5-7-16(13)23-19(28)11-18-24-25-21(26(18)3)32-12-20(29)22-15-9-8-14(2)17(10-15)27(30)31/h4-10H,11-12H2,1-3H3,(H,22,29)(H,23,28). The number of amides is 2. The summed E-state index contributed by atoms with van der Waals surface area (Å²) < 4.78 is 1.66. The van der Waals surface area contributed by atoms with Crippen LogP contribution in [0.4, 0.5) is 17.1 Å². The van der Waals surface area contributed by atoms with Crippen LogP contribution in [-0.2, 0) is 23.1 Å². The van der Waals surface area contributed by atoms with Gasteiger partial charge in [0.05, 0.1) is 17.1 Å². The fourth-order valence-corrected chi connectivity index (χ4v) is 3.62. The first-order chi connectivity index (χ1) is 15.2. The maximum absolute atomic E-state index is 12.4. The number of carbonyl (C=O) groups excluding carboxylic acids is 2. The Morgan fingerprint density at radius 1 is 1.06 bits per heavy atom. The molecule has 0 fully saturated rings. The fourth-order valence-electron chi connectivity index (χ4n) is 2.89. The van der Waals surface area contributed by atoms with Crippen molar-refractivity contribution in [3.05, 3.63) is 69.5 Å². The number of para-hydroxylation sites is 1. The first kappa shape index (κ1) is 22.9. The van der Waals surface area contributed by atoms with Gasteiger partial charge in [-0.25, -0.2) is 0 Å². The number of aromatic nitrogens is 3. The number of rotatable bonds is 8. The molecule has 1 aromatic heterocycles. The number of nitro benzene ring substituents is 1. The average molecular weight is 455 g/mol. The van der Waals surface area contributed by atoms with Gasteiger partial charge in [0.25, 0.3) is 5.69 Å². The molecule has 0 radical (unpaired) electrons. The lowest BCUT2D eigenvalue weighted by Gasteiger charge is -2.08. The van der Waals surface area contributed by atoms with Crippen LogP contribution in [0, 0.1) is 24.0 Å². The molecule has 0 unspecified atom stereocenters. The van der Waals surface area contributed by atoms with E-state index in [1.54, 1.807) is 30.7 Å². The lowest BCUT2D eigenvalue weighted by atomic mass is 10.2. The number of carbonyl (C=O) groups is 2. The van der Waals surface area contributed by atoms with Crippen LogP contribution in [0.25, 0.3) is 0 Å². The van der Waals surface area contributed by atoms with Crippen molar-refractivity contribution < 1.29 is 14.5 Å². The third kappa shape index (κ3) is 5.70. The summed E-state index contributed by atoms with van der Waals surface area (Å²) in [6.45, 7) is 3.54. The second kappa shape index (κ2) is 10.1. The molecule has 3 rings (SSSR count). The van der Waals surface area contributed by atoms with Gasteiger partial charge in [-0.1, -0.05) is 36.0 Å². The van der Waals surface area contributed by atoms with Crippen LogP contribution in [0.2, 0.25) is 0 Å². The molecule has 0 aliphatic heterocycles. The molecule has 2 N–H and O–H groups in total. The van der Waals surface area contributed by atoms with Crippen molar-refractivity contribution in [2.75, 3.05) is 16.4 Å². The van der Waals surface area contributed by atoms with E-state index in [4.69, 9.17) is 0 Å². The molecule has 10 nitrogen and oxygen atoms in total. The fraction of sp³-hybridized carbons (Fsp3) is 0.238. The zero-order chi connectivity index (χ0) is 23.3. The van der Waals surface area contributed by atoms with E-state index in [9.17, 15) is 19.7 Å². The Hall–Kier alpha value is -3.73. The minimum absolute atomic E-state index is 0.0308. The number of benzene rings is 2. The molecule has 0 spiro atoms. The molecule has 0 aliphatic carbocycles. The summed E-state index contributed by atoms with van der Waals surface area (Å²) in [4.78, 5) is 35.2. The zero-order valence-electron chi connectivity index (χ0n) is 17.8. The minimum Gasteiger partial charge on any atom is -0.325 e. The number of nitro groups is 1. The highest BCUT2D eigenvalue weighted by molar-refractivity contribution is 7.99. The largest absolute Gasteiger partial charge is 0.325 e. The maximum Gasteiger partial charge on any atom is 0.274 e. The van der Waals surface area contributed by atoms with Gasteiger partial charge in [-0.15, -0.1) is 10.2 Å². The monoisotopic (exact) mass is 454 g/mol. The smallest absolute Gasteiger partial charge is 0.274 e. The second-order valence-corrected chi connectivity index (χ2v) is 8.04.